The largest absolute Gasteiger partial charge is 0.344 e. The molecular formula is C13H16N2O2. The molecule has 4 nitrogen and oxygen atoms in total. The molecule has 1 atom stereocenters. The van der Waals surface area contributed by atoms with Gasteiger partial charge in [-0.2, -0.15) is 5.06 Å². The number of hydrogen-bond acceptors (Lipinski definition) is 2. The highest BCUT2D eigenvalue weighted by molar-refractivity contribution is 5.76. The van der Waals surface area contributed by atoms with E-state index in [9.17, 15) is 4.79 Å². The number of rotatable bonds is 3. The average molecular weight is 232 g/mol. The van der Waals surface area contributed by atoms with Gasteiger partial charge in [-0.3, -0.25) is 4.84 Å². The van der Waals surface area contributed by atoms with Gasteiger partial charge in [-0.05, 0) is 18.4 Å². The summed E-state index contributed by atoms with van der Waals surface area (Å²) in [7, 11) is 0. The van der Waals surface area contributed by atoms with E-state index in [4.69, 9.17) is 4.84 Å². The third-order valence-electron chi connectivity index (χ3n) is 3.40. The van der Waals surface area contributed by atoms with Crippen LogP contribution in [0.1, 0.15) is 18.4 Å². The zero-order valence-electron chi connectivity index (χ0n) is 9.71. The molecule has 0 unspecified atom stereocenters. The first kappa shape index (κ1) is 10.6. The fraction of sp³-hybridized carbons (Fsp3) is 0.462. The van der Waals surface area contributed by atoms with Gasteiger partial charge < -0.3 is 4.90 Å². The second-order valence-corrected chi connectivity index (χ2v) is 4.61. The third-order valence-corrected chi connectivity index (χ3v) is 3.40. The minimum atomic E-state index is 0.0310. The Balaban J connectivity index is 1.64. The van der Waals surface area contributed by atoms with Gasteiger partial charge in [0.25, 0.3) is 0 Å². The van der Waals surface area contributed by atoms with Crippen LogP contribution in [0, 0.1) is 0 Å². The number of piperidine rings is 1. The predicted octanol–water partition coefficient (Wildman–Crippen LogP) is 2.02. The van der Waals surface area contributed by atoms with Gasteiger partial charge in [0.15, 0.2) is 0 Å². The molecule has 0 saturated carbocycles. The van der Waals surface area contributed by atoms with E-state index in [2.05, 4.69) is 0 Å². The zero-order valence-corrected chi connectivity index (χ0v) is 9.71. The van der Waals surface area contributed by atoms with Crippen LogP contribution in [0.15, 0.2) is 30.3 Å². The van der Waals surface area contributed by atoms with Crippen LogP contribution in [0.25, 0.3) is 0 Å². The van der Waals surface area contributed by atoms with Crippen LogP contribution in [0.5, 0.6) is 0 Å². The summed E-state index contributed by atoms with van der Waals surface area (Å²) in [6, 6.07) is 10.2. The molecule has 2 fully saturated rings. The summed E-state index contributed by atoms with van der Waals surface area (Å²) in [6.45, 7) is 2.17. The summed E-state index contributed by atoms with van der Waals surface area (Å²) in [5.41, 5.74) is 1.09. The minimum Gasteiger partial charge on any atom is -0.321 e. The van der Waals surface area contributed by atoms with Crippen molar-refractivity contribution < 1.29 is 9.63 Å². The normalized spacial score (nSPS) is 23.3. The van der Waals surface area contributed by atoms with Crippen molar-refractivity contribution in [3.05, 3.63) is 35.9 Å². The molecule has 0 aliphatic carbocycles. The van der Waals surface area contributed by atoms with Gasteiger partial charge >= 0.3 is 6.03 Å². The van der Waals surface area contributed by atoms with E-state index in [-0.39, 0.29) is 12.1 Å². The van der Waals surface area contributed by atoms with E-state index in [0.29, 0.717) is 6.61 Å². The second-order valence-electron chi connectivity index (χ2n) is 4.61. The molecule has 4 heteroatoms. The monoisotopic (exact) mass is 232 g/mol. The van der Waals surface area contributed by atoms with Gasteiger partial charge in [0.05, 0.1) is 6.04 Å². The molecule has 0 radical (unpaired) electrons. The second kappa shape index (κ2) is 4.37. The Kier molecular flexibility index (Phi) is 2.73. The fourth-order valence-corrected chi connectivity index (χ4v) is 2.49. The number of carbonyl (C=O) groups excluding carboxylic acids is 1. The summed E-state index contributed by atoms with van der Waals surface area (Å²) in [4.78, 5) is 19.5. The molecule has 0 N–H and O–H groups in total. The highest BCUT2D eigenvalue weighted by atomic mass is 16.7. The van der Waals surface area contributed by atoms with Crippen molar-refractivity contribution in [2.24, 2.45) is 0 Å². The van der Waals surface area contributed by atoms with Crippen LogP contribution in [0.2, 0.25) is 0 Å². The van der Waals surface area contributed by atoms with Crippen molar-refractivity contribution in [3.8, 4) is 0 Å². The van der Waals surface area contributed by atoms with Crippen LogP contribution in [-0.2, 0) is 11.4 Å². The van der Waals surface area contributed by atoms with Crippen molar-refractivity contribution in [2.75, 3.05) is 13.1 Å². The molecule has 90 valence electrons. The van der Waals surface area contributed by atoms with Crippen molar-refractivity contribution in [1.29, 1.82) is 0 Å². The summed E-state index contributed by atoms with van der Waals surface area (Å²) in [5, 5.41) is 1.57. The fourth-order valence-electron chi connectivity index (χ4n) is 2.49. The third kappa shape index (κ3) is 2.00. The summed E-state index contributed by atoms with van der Waals surface area (Å²) >= 11 is 0. The van der Waals surface area contributed by atoms with Gasteiger partial charge in [-0.1, -0.05) is 30.3 Å². The number of amides is 2. The van der Waals surface area contributed by atoms with Crippen LogP contribution < -0.4 is 0 Å². The topological polar surface area (TPSA) is 32.8 Å². The highest BCUT2D eigenvalue weighted by Gasteiger charge is 2.40. The Morgan fingerprint density at radius 2 is 2.12 bits per heavy atom. The number of carbonyl (C=O) groups is 1. The van der Waals surface area contributed by atoms with E-state index in [1.807, 2.05) is 35.2 Å². The molecule has 2 heterocycles. The molecule has 1 aromatic carbocycles. The molecule has 0 aromatic heterocycles. The van der Waals surface area contributed by atoms with Crippen molar-refractivity contribution in [3.63, 3.8) is 0 Å². The first-order valence-electron chi connectivity index (χ1n) is 6.09. The number of hydroxylamine groups is 2. The molecule has 2 aliphatic rings. The molecule has 3 rings (SSSR count). The molecule has 17 heavy (non-hydrogen) atoms. The van der Waals surface area contributed by atoms with E-state index >= 15 is 0 Å². The maximum Gasteiger partial charge on any atom is 0.344 e. The number of benzene rings is 1. The number of fused-ring (bicyclic) bond motifs is 2. The Morgan fingerprint density at radius 3 is 2.88 bits per heavy atom. The first-order valence-corrected chi connectivity index (χ1v) is 6.09. The number of hydrogen-bond donors (Lipinski definition) is 0. The van der Waals surface area contributed by atoms with Gasteiger partial charge in [-0.25, -0.2) is 4.79 Å². The average Bonchev–Trinajstić information content (AvgIpc) is 2.60. The Bertz CT molecular complexity index is 407. The quantitative estimate of drug-likeness (QED) is 0.798. The molecule has 2 saturated heterocycles. The zero-order chi connectivity index (χ0) is 11.7. The van der Waals surface area contributed by atoms with Crippen LogP contribution >= 0.6 is 0 Å². The SMILES string of the molecule is O=C1N2CCC[C@@H](C2)N1OCc1ccccc1. The van der Waals surface area contributed by atoms with Crippen molar-refractivity contribution in [2.45, 2.75) is 25.5 Å². The lowest BCUT2D eigenvalue weighted by atomic mass is 10.1. The molecule has 0 spiro atoms. The lowest BCUT2D eigenvalue weighted by molar-refractivity contribution is -0.140. The molecular weight excluding hydrogens is 216 g/mol. The van der Waals surface area contributed by atoms with E-state index in [0.717, 1.165) is 31.5 Å². The summed E-state index contributed by atoms with van der Waals surface area (Å²) < 4.78 is 0. The van der Waals surface area contributed by atoms with E-state index in [1.165, 1.54) is 0 Å². The lowest BCUT2D eigenvalue weighted by Crippen LogP contribution is -2.33. The van der Waals surface area contributed by atoms with Crippen molar-refractivity contribution in [1.82, 2.24) is 9.96 Å². The van der Waals surface area contributed by atoms with Crippen LogP contribution in [-0.4, -0.2) is 35.1 Å². The summed E-state index contributed by atoms with van der Waals surface area (Å²) in [5.74, 6) is 0. The van der Waals surface area contributed by atoms with Gasteiger partial charge in [0.2, 0.25) is 0 Å². The maximum absolute atomic E-state index is 11.9. The molecule has 2 aliphatic heterocycles. The Morgan fingerprint density at radius 1 is 1.29 bits per heavy atom. The van der Waals surface area contributed by atoms with Crippen LogP contribution in [0.3, 0.4) is 0 Å². The Labute approximate surface area is 101 Å². The number of nitrogens with zero attached hydrogens (tertiary/aromatic N) is 2. The standard InChI is InChI=1S/C13H16N2O2/c16-13-14-8-4-7-12(9-14)15(13)17-10-11-5-2-1-3-6-11/h1-3,5-6,12H,4,7-10H2/t12-/m0/s1. The lowest BCUT2D eigenvalue weighted by Gasteiger charge is -2.22. The molecule has 2 bridgehead atoms. The highest BCUT2D eigenvalue weighted by Crippen LogP contribution is 2.25. The minimum absolute atomic E-state index is 0.0310. The van der Waals surface area contributed by atoms with Crippen LogP contribution in [0.4, 0.5) is 4.79 Å². The molecule has 2 amide bonds. The van der Waals surface area contributed by atoms with Gasteiger partial charge in [0, 0.05) is 13.1 Å². The summed E-state index contributed by atoms with van der Waals surface area (Å²) in [6.07, 6.45) is 2.14. The van der Waals surface area contributed by atoms with Crippen molar-refractivity contribution >= 4 is 6.03 Å². The predicted molar refractivity (Wildman–Crippen MR) is 63.1 cm³/mol. The number of urea groups is 1. The van der Waals surface area contributed by atoms with E-state index < -0.39 is 0 Å². The first-order chi connectivity index (χ1) is 8.34. The smallest absolute Gasteiger partial charge is 0.321 e. The molecule has 1 aromatic rings. The Hall–Kier alpha value is -1.55. The maximum atomic E-state index is 11.9. The van der Waals surface area contributed by atoms with E-state index in [1.54, 1.807) is 5.06 Å². The van der Waals surface area contributed by atoms with Gasteiger partial charge in [0.1, 0.15) is 6.61 Å². The van der Waals surface area contributed by atoms with Gasteiger partial charge in [-0.15, -0.1) is 0 Å².